The molecular formula is C18H25N5O3. The summed E-state index contributed by atoms with van der Waals surface area (Å²) in [6.07, 6.45) is 3.48. The number of fused-ring (bicyclic) bond motifs is 1. The topological polar surface area (TPSA) is 100 Å². The van der Waals surface area contributed by atoms with Crippen molar-refractivity contribution in [1.82, 2.24) is 25.4 Å². The van der Waals surface area contributed by atoms with Gasteiger partial charge in [-0.25, -0.2) is 4.98 Å². The summed E-state index contributed by atoms with van der Waals surface area (Å²) in [7, 11) is 3.34. The maximum Gasteiger partial charge on any atom is 0.255 e. The van der Waals surface area contributed by atoms with Crippen molar-refractivity contribution in [1.29, 1.82) is 0 Å². The van der Waals surface area contributed by atoms with Gasteiger partial charge in [-0.05, 0) is 32.8 Å². The van der Waals surface area contributed by atoms with Gasteiger partial charge in [-0.15, -0.1) is 0 Å². The number of aromatic nitrogens is 3. The Balaban J connectivity index is 1.64. The SMILES string of the molecule is COC(C)CC(=O)NC1(CN(C)C(=O)c2cnc3n[nH]c(C)c3c2)CC1. The van der Waals surface area contributed by atoms with Crippen molar-refractivity contribution in [3.05, 3.63) is 23.5 Å². The van der Waals surface area contributed by atoms with Crippen LogP contribution in [0.2, 0.25) is 0 Å². The summed E-state index contributed by atoms with van der Waals surface area (Å²) in [4.78, 5) is 30.8. The summed E-state index contributed by atoms with van der Waals surface area (Å²) in [6.45, 7) is 4.22. The maximum atomic E-state index is 12.8. The maximum absolute atomic E-state index is 12.8. The molecule has 2 aromatic heterocycles. The zero-order valence-electron chi connectivity index (χ0n) is 15.6. The third kappa shape index (κ3) is 3.85. The summed E-state index contributed by atoms with van der Waals surface area (Å²) in [5.74, 6) is -0.166. The fourth-order valence-corrected chi connectivity index (χ4v) is 3.05. The zero-order chi connectivity index (χ0) is 18.9. The quantitative estimate of drug-likeness (QED) is 0.779. The van der Waals surface area contributed by atoms with Gasteiger partial charge in [0, 0.05) is 38.0 Å². The Morgan fingerprint density at radius 3 is 2.85 bits per heavy atom. The highest BCUT2D eigenvalue weighted by Crippen LogP contribution is 2.36. The summed E-state index contributed by atoms with van der Waals surface area (Å²) < 4.78 is 5.13. The van der Waals surface area contributed by atoms with E-state index in [1.165, 1.54) is 0 Å². The first-order valence-corrected chi connectivity index (χ1v) is 8.73. The fraction of sp³-hybridized carbons (Fsp3) is 0.556. The van der Waals surface area contributed by atoms with Crippen molar-refractivity contribution < 1.29 is 14.3 Å². The lowest BCUT2D eigenvalue weighted by atomic mass is 10.1. The van der Waals surface area contributed by atoms with Crippen LogP contribution in [0.15, 0.2) is 12.3 Å². The minimum Gasteiger partial charge on any atom is -0.381 e. The molecule has 0 radical (unpaired) electrons. The largest absolute Gasteiger partial charge is 0.381 e. The molecule has 3 rings (SSSR count). The summed E-state index contributed by atoms with van der Waals surface area (Å²) in [5.41, 5.74) is 1.67. The molecule has 1 aliphatic rings. The van der Waals surface area contributed by atoms with Gasteiger partial charge in [0.05, 0.1) is 23.6 Å². The summed E-state index contributed by atoms with van der Waals surface area (Å²) in [5, 5.41) is 10.8. The van der Waals surface area contributed by atoms with E-state index in [1.54, 1.807) is 31.3 Å². The van der Waals surface area contributed by atoms with Gasteiger partial charge in [0.25, 0.3) is 5.91 Å². The van der Waals surface area contributed by atoms with E-state index >= 15 is 0 Å². The first kappa shape index (κ1) is 18.3. The number of aromatic amines is 1. The Morgan fingerprint density at radius 2 is 2.19 bits per heavy atom. The fourth-order valence-electron chi connectivity index (χ4n) is 3.05. The highest BCUT2D eigenvalue weighted by molar-refractivity contribution is 5.97. The molecule has 1 fully saturated rings. The Morgan fingerprint density at radius 1 is 1.46 bits per heavy atom. The third-order valence-electron chi connectivity index (χ3n) is 4.87. The minimum atomic E-state index is -0.321. The van der Waals surface area contributed by atoms with Gasteiger partial charge >= 0.3 is 0 Å². The number of carbonyl (C=O) groups is 2. The molecule has 0 spiro atoms. The first-order chi connectivity index (χ1) is 12.3. The number of methoxy groups -OCH3 is 1. The molecule has 2 heterocycles. The second-order valence-electron chi connectivity index (χ2n) is 7.18. The standard InChI is InChI=1S/C18H25N5O3/c1-11(26-4)7-15(24)20-18(5-6-18)10-23(3)17(25)13-8-14-12(2)21-22-16(14)19-9-13/h8-9,11H,5-7,10H2,1-4H3,(H,20,24)(H,19,21,22). The number of nitrogens with one attached hydrogen (secondary N) is 2. The molecule has 2 aromatic rings. The van der Waals surface area contributed by atoms with Crippen molar-refractivity contribution >= 4 is 22.8 Å². The molecule has 1 aliphatic carbocycles. The Labute approximate surface area is 152 Å². The van der Waals surface area contributed by atoms with Gasteiger partial charge in [0.1, 0.15) is 0 Å². The molecule has 140 valence electrons. The number of aryl methyl sites for hydroxylation is 1. The average molecular weight is 359 g/mol. The van der Waals surface area contributed by atoms with Crippen LogP contribution in [0.25, 0.3) is 11.0 Å². The molecule has 1 saturated carbocycles. The molecule has 8 heteroatoms. The van der Waals surface area contributed by atoms with Crippen molar-refractivity contribution in [2.24, 2.45) is 0 Å². The minimum absolute atomic E-state index is 0.0465. The lowest BCUT2D eigenvalue weighted by molar-refractivity contribution is -0.124. The molecule has 0 aromatic carbocycles. The van der Waals surface area contributed by atoms with Gasteiger partial charge in [-0.1, -0.05) is 0 Å². The van der Waals surface area contributed by atoms with Crippen LogP contribution < -0.4 is 5.32 Å². The molecule has 0 aliphatic heterocycles. The summed E-state index contributed by atoms with van der Waals surface area (Å²) >= 11 is 0. The van der Waals surface area contributed by atoms with Gasteiger partial charge in [0.15, 0.2) is 5.65 Å². The van der Waals surface area contributed by atoms with Crippen LogP contribution >= 0.6 is 0 Å². The lowest BCUT2D eigenvalue weighted by Crippen LogP contribution is -2.47. The van der Waals surface area contributed by atoms with E-state index in [0.29, 0.717) is 24.2 Å². The number of hydrogen-bond donors (Lipinski definition) is 2. The number of rotatable bonds is 7. The zero-order valence-corrected chi connectivity index (χ0v) is 15.6. The van der Waals surface area contributed by atoms with E-state index in [0.717, 1.165) is 23.9 Å². The second kappa shape index (κ2) is 7.03. The van der Waals surface area contributed by atoms with E-state index in [-0.39, 0.29) is 23.5 Å². The van der Waals surface area contributed by atoms with E-state index < -0.39 is 0 Å². The Kier molecular flexibility index (Phi) is 4.95. The number of carbonyl (C=O) groups excluding carboxylic acids is 2. The predicted octanol–water partition coefficient (Wildman–Crippen LogP) is 1.41. The van der Waals surface area contributed by atoms with Crippen LogP contribution in [0.1, 0.15) is 42.2 Å². The van der Waals surface area contributed by atoms with Crippen LogP contribution in [0.4, 0.5) is 0 Å². The van der Waals surface area contributed by atoms with E-state index in [1.807, 2.05) is 13.8 Å². The normalized spacial score (nSPS) is 16.3. The average Bonchev–Trinajstić information content (AvgIpc) is 3.26. The second-order valence-corrected chi connectivity index (χ2v) is 7.18. The molecule has 8 nitrogen and oxygen atoms in total. The van der Waals surface area contributed by atoms with Crippen molar-refractivity contribution in [3.63, 3.8) is 0 Å². The van der Waals surface area contributed by atoms with Gasteiger partial charge in [-0.2, -0.15) is 5.10 Å². The highest BCUT2D eigenvalue weighted by Gasteiger charge is 2.45. The lowest BCUT2D eigenvalue weighted by Gasteiger charge is -2.25. The number of pyridine rings is 1. The van der Waals surface area contributed by atoms with Crippen LogP contribution in [0.5, 0.6) is 0 Å². The van der Waals surface area contributed by atoms with E-state index in [4.69, 9.17) is 4.74 Å². The van der Waals surface area contributed by atoms with Crippen LogP contribution in [-0.2, 0) is 9.53 Å². The molecule has 1 atom stereocenters. The van der Waals surface area contributed by atoms with E-state index in [9.17, 15) is 9.59 Å². The van der Waals surface area contributed by atoms with Crippen molar-refractivity contribution in [2.75, 3.05) is 20.7 Å². The number of ether oxygens (including phenoxy) is 1. The molecule has 0 bridgehead atoms. The molecular weight excluding hydrogens is 334 g/mol. The van der Waals surface area contributed by atoms with Gasteiger partial charge in [0.2, 0.25) is 5.91 Å². The molecule has 0 saturated heterocycles. The highest BCUT2D eigenvalue weighted by atomic mass is 16.5. The van der Waals surface area contributed by atoms with Gasteiger partial charge in [-0.3, -0.25) is 14.7 Å². The molecule has 2 amide bonds. The first-order valence-electron chi connectivity index (χ1n) is 8.73. The number of amides is 2. The monoisotopic (exact) mass is 359 g/mol. The molecule has 1 unspecified atom stereocenters. The Bertz CT molecular complexity index is 827. The van der Waals surface area contributed by atoms with Crippen LogP contribution in [-0.4, -0.2) is 64.2 Å². The van der Waals surface area contributed by atoms with Crippen LogP contribution in [0, 0.1) is 6.92 Å². The van der Waals surface area contributed by atoms with Crippen molar-refractivity contribution in [2.45, 2.75) is 44.8 Å². The molecule has 26 heavy (non-hydrogen) atoms. The smallest absolute Gasteiger partial charge is 0.255 e. The van der Waals surface area contributed by atoms with Crippen LogP contribution in [0.3, 0.4) is 0 Å². The van der Waals surface area contributed by atoms with Gasteiger partial charge < -0.3 is 15.0 Å². The Hall–Kier alpha value is -2.48. The third-order valence-corrected chi connectivity index (χ3v) is 4.87. The summed E-state index contributed by atoms with van der Waals surface area (Å²) in [6, 6.07) is 1.80. The number of likely N-dealkylation sites (N-methyl/N-ethyl adjacent to an activating group) is 1. The molecule has 2 N–H and O–H groups in total. The van der Waals surface area contributed by atoms with Crippen molar-refractivity contribution in [3.8, 4) is 0 Å². The number of H-pyrrole nitrogens is 1. The number of hydrogen-bond acceptors (Lipinski definition) is 5. The number of nitrogens with zero attached hydrogens (tertiary/aromatic N) is 3. The predicted molar refractivity (Wildman–Crippen MR) is 96.8 cm³/mol. The van der Waals surface area contributed by atoms with E-state index in [2.05, 4.69) is 20.5 Å².